The summed E-state index contributed by atoms with van der Waals surface area (Å²) in [7, 11) is 2.21. The Morgan fingerprint density at radius 3 is 2.33 bits per heavy atom. The zero-order valence-corrected chi connectivity index (χ0v) is 12.5. The van der Waals surface area contributed by atoms with E-state index in [1.165, 1.54) is 5.56 Å². The van der Waals surface area contributed by atoms with Crippen LogP contribution in [0.2, 0.25) is 0 Å². The number of nitrogens with zero attached hydrogens (tertiary/aromatic N) is 1. The molecule has 0 aliphatic heterocycles. The van der Waals surface area contributed by atoms with Gasteiger partial charge in [0.1, 0.15) is 0 Å². The summed E-state index contributed by atoms with van der Waals surface area (Å²) in [5.74, 6) is 0. The highest BCUT2D eigenvalue weighted by Crippen LogP contribution is 2.22. The molecule has 2 heteroatoms. The minimum Gasteiger partial charge on any atom is -0.311 e. The van der Waals surface area contributed by atoms with E-state index in [1.807, 2.05) is 0 Å². The Labute approximate surface area is 112 Å². The van der Waals surface area contributed by atoms with Crippen molar-refractivity contribution in [3.63, 3.8) is 0 Å². The van der Waals surface area contributed by atoms with Crippen LogP contribution in [0, 0.1) is 5.41 Å². The maximum Gasteiger partial charge on any atom is 0.0206 e. The van der Waals surface area contributed by atoms with Crippen LogP contribution in [0.4, 0.5) is 0 Å². The van der Waals surface area contributed by atoms with Gasteiger partial charge in [0, 0.05) is 25.7 Å². The van der Waals surface area contributed by atoms with Crippen molar-refractivity contribution in [2.24, 2.45) is 5.41 Å². The molecule has 1 aromatic carbocycles. The van der Waals surface area contributed by atoms with Crippen molar-refractivity contribution in [3.05, 3.63) is 35.9 Å². The molecule has 0 amide bonds. The summed E-state index contributed by atoms with van der Waals surface area (Å²) in [6, 6.07) is 11.1. The quantitative estimate of drug-likeness (QED) is 0.778. The maximum absolute atomic E-state index is 3.50. The smallest absolute Gasteiger partial charge is 0.0206 e. The molecule has 0 radical (unpaired) electrons. The van der Waals surface area contributed by atoms with Crippen molar-refractivity contribution in [1.82, 2.24) is 10.2 Å². The Morgan fingerprint density at radius 2 is 1.78 bits per heavy atom. The van der Waals surface area contributed by atoms with Gasteiger partial charge in [0.25, 0.3) is 0 Å². The minimum absolute atomic E-state index is 0.341. The zero-order valence-electron chi connectivity index (χ0n) is 12.5. The van der Waals surface area contributed by atoms with E-state index in [4.69, 9.17) is 0 Å². The molecule has 0 aromatic heterocycles. The van der Waals surface area contributed by atoms with Crippen LogP contribution < -0.4 is 5.32 Å². The summed E-state index contributed by atoms with van der Waals surface area (Å²) in [4.78, 5) is 2.43. The Hall–Kier alpha value is -0.860. The summed E-state index contributed by atoms with van der Waals surface area (Å²) in [6.07, 6.45) is 0. The molecule has 0 saturated heterocycles. The zero-order chi connectivity index (χ0) is 13.6. The van der Waals surface area contributed by atoms with Gasteiger partial charge in [-0.1, -0.05) is 51.1 Å². The average molecular weight is 248 g/mol. The second kappa shape index (κ2) is 6.91. The Morgan fingerprint density at radius 1 is 1.17 bits per heavy atom. The van der Waals surface area contributed by atoms with Gasteiger partial charge in [-0.05, 0) is 24.9 Å². The van der Waals surface area contributed by atoms with Crippen LogP contribution in [0.25, 0.3) is 0 Å². The number of hydrogen-bond acceptors (Lipinski definition) is 2. The maximum atomic E-state index is 3.50. The molecule has 1 aromatic rings. The van der Waals surface area contributed by atoms with Crippen LogP contribution in [0.5, 0.6) is 0 Å². The molecule has 0 heterocycles. The lowest BCUT2D eigenvalue weighted by atomic mass is 9.87. The predicted octanol–water partition coefficient (Wildman–Crippen LogP) is 3.14. The minimum atomic E-state index is 0.341. The summed E-state index contributed by atoms with van der Waals surface area (Å²) in [5.41, 5.74) is 1.69. The number of benzene rings is 1. The van der Waals surface area contributed by atoms with Crippen molar-refractivity contribution >= 4 is 0 Å². The largest absolute Gasteiger partial charge is 0.311 e. The average Bonchev–Trinajstić information content (AvgIpc) is 2.33. The van der Waals surface area contributed by atoms with E-state index in [9.17, 15) is 0 Å². The van der Waals surface area contributed by atoms with Crippen LogP contribution in [-0.4, -0.2) is 31.1 Å². The Kier molecular flexibility index (Phi) is 5.83. The van der Waals surface area contributed by atoms with E-state index in [1.54, 1.807) is 0 Å². The third-order valence-electron chi connectivity index (χ3n) is 3.73. The van der Waals surface area contributed by atoms with Gasteiger partial charge in [0.05, 0.1) is 0 Å². The lowest BCUT2D eigenvalue weighted by Gasteiger charge is -2.35. The number of hydrogen-bond donors (Lipinski definition) is 1. The molecule has 1 N–H and O–H groups in total. The number of rotatable bonds is 6. The van der Waals surface area contributed by atoms with Crippen molar-refractivity contribution < 1.29 is 0 Å². The molecule has 0 saturated carbocycles. The predicted molar refractivity (Wildman–Crippen MR) is 79.7 cm³/mol. The second-order valence-electron chi connectivity index (χ2n) is 6.18. The lowest BCUT2D eigenvalue weighted by Crippen LogP contribution is -2.42. The van der Waals surface area contributed by atoms with Crippen molar-refractivity contribution in [1.29, 1.82) is 0 Å². The fourth-order valence-electron chi connectivity index (χ4n) is 1.94. The van der Waals surface area contributed by atoms with Crippen molar-refractivity contribution in [2.45, 2.75) is 40.3 Å². The molecule has 0 fully saturated rings. The lowest BCUT2D eigenvalue weighted by molar-refractivity contribution is 0.142. The first kappa shape index (κ1) is 15.2. The van der Waals surface area contributed by atoms with E-state index < -0.39 is 0 Å². The van der Waals surface area contributed by atoms with Crippen LogP contribution >= 0.6 is 0 Å². The molecular weight excluding hydrogens is 220 g/mol. The standard InChI is InChI=1S/C16H28N2/c1-14(16(2,3)4)18(5)12-11-17-13-15-9-7-6-8-10-15/h6-10,14,17H,11-13H2,1-5H3. The summed E-state index contributed by atoms with van der Waals surface area (Å²) >= 11 is 0. The molecule has 0 spiro atoms. The normalized spacial score (nSPS) is 13.9. The van der Waals surface area contributed by atoms with Gasteiger partial charge in [-0.25, -0.2) is 0 Å². The highest BCUT2D eigenvalue weighted by atomic mass is 15.1. The summed E-state index contributed by atoms with van der Waals surface area (Å²) in [5, 5.41) is 3.50. The van der Waals surface area contributed by atoms with Crippen LogP contribution in [0.3, 0.4) is 0 Å². The summed E-state index contributed by atoms with van der Waals surface area (Å²) < 4.78 is 0. The molecule has 1 rings (SSSR count). The molecule has 18 heavy (non-hydrogen) atoms. The van der Waals surface area contributed by atoms with Crippen molar-refractivity contribution in [2.75, 3.05) is 20.1 Å². The molecule has 1 atom stereocenters. The first-order chi connectivity index (χ1) is 8.41. The summed E-state index contributed by atoms with van der Waals surface area (Å²) in [6.45, 7) is 12.3. The number of nitrogens with one attached hydrogen (secondary N) is 1. The van der Waals surface area contributed by atoms with Gasteiger partial charge in [-0.15, -0.1) is 0 Å². The molecular formula is C16H28N2. The first-order valence-electron chi connectivity index (χ1n) is 6.86. The Bertz CT molecular complexity index is 327. The molecule has 0 aliphatic carbocycles. The van der Waals surface area contributed by atoms with Gasteiger partial charge in [-0.3, -0.25) is 0 Å². The molecule has 1 unspecified atom stereocenters. The van der Waals surface area contributed by atoms with Crippen LogP contribution in [0.1, 0.15) is 33.3 Å². The third kappa shape index (κ3) is 5.19. The fraction of sp³-hybridized carbons (Fsp3) is 0.625. The number of likely N-dealkylation sites (N-methyl/N-ethyl adjacent to an activating group) is 1. The van der Waals surface area contributed by atoms with E-state index >= 15 is 0 Å². The van der Waals surface area contributed by atoms with E-state index in [2.05, 4.69) is 75.3 Å². The van der Waals surface area contributed by atoms with Gasteiger partial charge in [0.15, 0.2) is 0 Å². The van der Waals surface area contributed by atoms with Gasteiger partial charge in [-0.2, -0.15) is 0 Å². The van der Waals surface area contributed by atoms with Gasteiger partial charge in [0.2, 0.25) is 0 Å². The first-order valence-corrected chi connectivity index (χ1v) is 6.86. The molecule has 0 bridgehead atoms. The van der Waals surface area contributed by atoms with E-state index in [-0.39, 0.29) is 0 Å². The highest BCUT2D eigenvalue weighted by Gasteiger charge is 2.23. The van der Waals surface area contributed by atoms with E-state index in [0.717, 1.165) is 19.6 Å². The van der Waals surface area contributed by atoms with Crippen molar-refractivity contribution in [3.8, 4) is 0 Å². The second-order valence-corrected chi connectivity index (χ2v) is 6.18. The monoisotopic (exact) mass is 248 g/mol. The fourth-order valence-corrected chi connectivity index (χ4v) is 1.94. The highest BCUT2D eigenvalue weighted by molar-refractivity contribution is 5.14. The SMILES string of the molecule is CC(N(C)CCNCc1ccccc1)C(C)(C)C. The van der Waals surface area contributed by atoms with E-state index in [0.29, 0.717) is 11.5 Å². The van der Waals surface area contributed by atoms with Gasteiger partial charge >= 0.3 is 0 Å². The topological polar surface area (TPSA) is 15.3 Å². The Balaban J connectivity index is 2.22. The molecule has 2 nitrogen and oxygen atoms in total. The molecule has 102 valence electrons. The van der Waals surface area contributed by atoms with Crippen LogP contribution in [0.15, 0.2) is 30.3 Å². The molecule has 0 aliphatic rings. The van der Waals surface area contributed by atoms with Crippen LogP contribution in [-0.2, 0) is 6.54 Å². The van der Waals surface area contributed by atoms with Gasteiger partial charge < -0.3 is 10.2 Å². The third-order valence-corrected chi connectivity index (χ3v) is 3.73.